The first-order valence-corrected chi connectivity index (χ1v) is 13.6. The first-order valence-electron chi connectivity index (χ1n) is 13.6. The molecular formula is C29H39F2NO5. The number of ether oxygens (including phenoxy) is 1. The Bertz CT molecular complexity index is 1070. The van der Waals surface area contributed by atoms with Crippen LogP contribution in [0, 0.1) is 34.0 Å². The summed E-state index contributed by atoms with van der Waals surface area (Å²) in [4.78, 5) is 39.7. The fourth-order valence-electron chi connectivity index (χ4n) is 8.70. The maximum Gasteiger partial charge on any atom is 0.303 e. The minimum absolute atomic E-state index is 0.0371. The van der Waals surface area contributed by atoms with E-state index in [9.17, 15) is 19.5 Å². The van der Waals surface area contributed by atoms with Gasteiger partial charge in [-0.25, -0.2) is 8.78 Å². The topological polar surface area (TPSA) is 83.9 Å². The molecule has 37 heavy (non-hydrogen) atoms. The van der Waals surface area contributed by atoms with E-state index in [1.54, 1.807) is 6.92 Å². The van der Waals surface area contributed by atoms with Gasteiger partial charge in [-0.3, -0.25) is 14.4 Å². The number of carbonyl (C=O) groups excluding carboxylic acids is 3. The van der Waals surface area contributed by atoms with E-state index in [2.05, 4.69) is 4.90 Å². The Labute approximate surface area is 217 Å². The summed E-state index contributed by atoms with van der Waals surface area (Å²) < 4.78 is 38.2. The van der Waals surface area contributed by atoms with Crippen LogP contribution in [0.3, 0.4) is 0 Å². The Morgan fingerprint density at radius 1 is 1.22 bits per heavy atom. The van der Waals surface area contributed by atoms with Crippen molar-refractivity contribution in [1.29, 1.82) is 0 Å². The number of hydrogen-bond acceptors (Lipinski definition) is 6. The Kier molecular flexibility index (Phi) is 6.34. The van der Waals surface area contributed by atoms with Gasteiger partial charge in [0.05, 0.1) is 11.5 Å². The largest absolute Gasteiger partial charge is 0.458 e. The lowest BCUT2D eigenvalue weighted by molar-refractivity contribution is -0.213. The molecule has 8 atom stereocenters. The van der Waals surface area contributed by atoms with E-state index in [1.165, 1.54) is 25.2 Å². The molecular weight excluding hydrogens is 480 g/mol. The predicted molar refractivity (Wildman–Crippen MR) is 133 cm³/mol. The third kappa shape index (κ3) is 3.80. The van der Waals surface area contributed by atoms with Crippen molar-refractivity contribution in [3.63, 3.8) is 0 Å². The van der Waals surface area contributed by atoms with Crippen LogP contribution in [-0.2, 0) is 19.1 Å². The zero-order valence-electron chi connectivity index (χ0n) is 22.3. The zero-order valence-corrected chi connectivity index (χ0v) is 22.3. The number of alkyl halides is 2. The maximum absolute atomic E-state index is 17.4. The lowest BCUT2D eigenvalue weighted by Crippen LogP contribution is -2.70. The molecule has 0 aromatic carbocycles. The Hall–Kier alpha value is -1.93. The van der Waals surface area contributed by atoms with Gasteiger partial charge in [-0.15, -0.1) is 0 Å². The molecule has 5 aliphatic carbocycles. The van der Waals surface area contributed by atoms with Gasteiger partial charge < -0.3 is 14.7 Å². The van der Waals surface area contributed by atoms with E-state index in [0.29, 0.717) is 25.3 Å². The summed E-state index contributed by atoms with van der Waals surface area (Å²) in [5.41, 5.74) is -5.29. The fourth-order valence-corrected chi connectivity index (χ4v) is 8.70. The van der Waals surface area contributed by atoms with E-state index < -0.39 is 46.1 Å². The van der Waals surface area contributed by atoms with Crippen LogP contribution < -0.4 is 0 Å². The highest BCUT2D eigenvalue weighted by atomic mass is 19.1. The number of hydrogen-bond donors (Lipinski definition) is 1. The van der Waals surface area contributed by atoms with Crippen LogP contribution in [0.5, 0.6) is 0 Å². The van der Waals surface area contributed by atoms with Gasteiger partial charge in [0.1, 0.15) is 6.17 Å². The molecule has 0 aliphatic heterocycles. The summed E-state index contributed by atoms with van der Waals surface area (Å²) in [5, 5.41) is 11.6. The van der Waals surface area contributed by atoms with Gasteiger partial charge in [0, 0.05) is 31.3 Å². The minimum atomic E-state index is -2.17. The number of esters is 1. The molecule has 4 fully saturated rings. The smallest absolute Gasteiger partial charge is 0.303 e. The third-order valence-electron chi connectivity index (χ3n) is 10.7. The van der Waals surface area contributed by atoms with Crippen LogP contribution >= 0.6 is 0 Å². The van der Waals surface area contributed by atoms with Crippen LogP contribution in [0.25, 0.3) is 0 Å². The molecule has 0 heterocycles. The van der Waals surface area contributed by atoms with Crippen LogP contribution in [0.15, 0.2) is 23.8 Å². The van der Waals surface area contributed by atoms with Crippen molar-refractivity contribution in [1.82, 2.24) is 4.90 Å². The number of rotatable bonds is 7. The summed E-state index contributed by atoms with van der Waals surface area (Å²) in [6.07, 6.45) is 4.15. The summed E-state index contributed by atoms with van der Waals surface area (Å²) in [6, 6.07) is 0. The normalized spacial score (nSPS) is 44.6. The molecule has 1 N–H and O–H groups in total. The standard InChI is InChI=1S/C29H39F2NO5/c1-17(33)37-15-25(36)28(16-32(4)14-18-5-6-18)10-8-20-21-12-23(30)22-11-19(34)7-9-26(22,2)29(21,31)24(35)13-27(20,28)3/h7,9,11,18,20-21,23-24,35H,5-6,8,10,12-16H2,1-4H3/t20?,21-,23-,24-,26-,27-,28-,29-/m0/s1. The number of carbonyl (C=O) groups is 3. The van der Waals surface area contributed by atoms with Crippen LogP contribution in [0.4, 0.5) is 8.78 Å². The van der Waals surface area contributed by atoms with E-state index in [1.807, 2.05) is 14.0 Å². The molecule has 5 rings (SSSR count). The van der Waals surface area contributed by atoms with Crippen molar-refractivity contribution in [3.8, 4) is 0 Å². The maximum atomic E-state index is 17.4. The fraction of sp³-hybridized carbons (Fsp3) is 0.759. The first-order chi connectivity index (χ1) is 17.3. The molecule has 0 saturated heterocycles. The zero-order chi connectivity index (χ0) is 27.0. The number of ketones is 2. The Morgan fingerprint density at radius 3 is 2.57 bits per heavy atom. The molecule has 8 heteroatoms. The lowest BCUT2D eigenvalue weighted by Gasteiger charge is -2.63. The highest BCUT2D eigenvalue weighted by Crippen LogP contribution is 2.72. The number of allylic oxidation sites excluding steroid dienone is 4. The first kappa shape index (κ1) is 26.7. The van der Waals surface area contributed by atoms with Crippen molar-refractivity contribution in [2.45, 2.75) is 77.2 Å². The molecule has 6 nitrogen and oxygen atoms in total. The van der Waals surface area contributed by atoms with Gasteiger partial charge in [0.2, 0.25) is 0 Å². The lowest BCUT2D eigenvalue weighted by atomic mass is 9.43. The molecule has 4 saturated carbocycles. The van der Waals surface area contributed by atoms with Crippen LogP contribution in [0.1, 0.15) is 59.3 Å². The van der Waals surface area contributed by atoms with E-state index in [4.69, 9.17) is 4.74 Å². The molecule has 0 aromatic rings. The molecule has 0 radical (unpaired) electrons. The van der Waals surface area contributed by atoms with E-state index in [-0.39, 0.29) is 42.5 Å². The Balaban J connectivity index is 1.55. The van der Waals surface area contributed by atoms with Crippen molar-refractivity contribution in [2.24, 2.45) is 34.0 Å². The van der Waals surface area contributed by atoms with Gasteiger partial charge >= 0.3 is 5.97 Å². The van der Waals surface area contributed by atoms with E-state index in [0.717, 1.165) is 19.4 Å². The molecule has 0 spiro atoms. The van der Waals surface area contributed by atoms with Gasteiger partial charge in [0.15, 0.2) is 23.8 Å². The molecule has 5 aliphatic rings. The van der Waals surface area contributed by atoms with Crippen molar-refractivity contribution in [3.05, 3.63) is 23.8 Å². The van der Waals surface area contributed by atoms with Crippen molar-refractivity contribution >= 4 is 17.5 Å². The highest BCUT2D eigenvalue weighted by Gasteiger charge is 2.75. The second kappa shape index (κ2) is 8.80. The second-order valence-electron chi connectivity index (χ2n) is 12.8. The van der Waals surface area contributed by atoms with Gasteiger partial charge in [-0.05, 0) is 87.5 Å². The number of nitrogens with zero attached hydrogens (tertiary/aromatic N) is 1. The second-order valence-corrected chi connectivity index (χ2v) is 12.8. The summed E-state index contributed by atoms with van der Waals surface area (Å²) >= 11 is 0. The quantitative estimate of drug-likeness (QED) is 0.516. The third-order valence-corrected chi connectivity index (χ3v) is 10.7. The van der Waals surface area contributed by atoms with Crippen molar-refractivity contribution < 1.29 is 33.0 Å². The van der Waals surface area contributed by atoms with Gasteiger partial charge in [-0.1, -0.05) is 13.0 Å². The SMILES string of the molecule is CC(=O)OCC(=O)[C@@]1(CN(C)CC2CC2)CCC2[C@@H]3C[C@H](F)C4=CC(=O)C=C[C@]4(C)[C@@]3(F)[C@@H](O)C[C@@]21C. The number of Topliss-reactive ketones (excluding diaryl/α,β-unsaturated/α-hetero) is 1. The van der Waals surface area contributed by atoms with E-state index >= 15 is 8.78 Å². The highest BCUT2D eigenvalue weighted by molar-refractivity contribution is 6.01. The monoisotopic (exact) mass is 519 g/mol. The molecule has 0 amide bonds. The van der Waals surface area contributed by atoms with Gasteiger partial charge in [0.25, 0.3) is 0 Å². The number of aliphatic hydroxyl groups excluding tert-OH is 1. The number of fused-ring (bicyclic) bond motifs is 5. The molecule has 0 aromatic heterocycles. The summed E-state index contributed by atoms with van der Waals surface area (Å²) in [7, 11) is 1.98. The van der Waals surface area contributed by atoms with Crippen molar-refractivity contribution in [2.75, 3.05) is 26.7 Å². The predicted octanol–water partition coefficient (Wildman–Crippen LogP) is 3.77. The summed E-state index contributed by atoms with van der Waals surface area (Å²) in [5.74, 6) is -1.70. The summed E-state index contributed by atoms with van der Waals surface area (Å²) in [6.45, 7) is 5.70. The molecule has 0 bridgehead atoms. The Morgan fingerprint density at radius 2 is 1.92 bits per heavy atom. The van der Waals surface area contributed by atoms with Crippen LogP contribution in [-0.4, -0.2) is 72.2 Å². The number of aliphatic hydroxyl groups is 1. The molecule has 204 valence electrons. The average molecular weight is 520 g/mol. The average Bonchev–Trinajstić information content (AvgIpc) is 3.58. The number of halogens is 2. The van der Waals surface area contributed by atoms with Gasteiger partial charge in [-0.2, -0.15) is 0 Å². The minimum Gasteiger partial charge on any atom is -0.458 e. The molecule has 1 unspecified atom stereocenters. The van der Waals surface area contributed by atoms with Crippen LogP contribution in [0.2, 0.25) is 0 Å².